The lowest BCUT2D eigenvalue weighted by Crippen LogP contribution is -2.32. The van der Waals surface area contributed by atoms with Gasteiger partial charge in [0, 0.05) is 5.92 Å². The molecule has 2 rings (SSSR count). The zero-order valence-corrected chi connectivity index (χ0v) is 7.95. The molecule has 0 saturated heterocycles. The number of rotatable bonds is 0. The summed E-state index contributed by atoms with van der Waals surface area (Å²) in [6, 6.07) is 2.39. The Bertz CT molecular complexity index is 221. The molecule has 2 fully saturated rings. The van der Waals surface area contributed by atoms with Gasteiger partial charge in [0.2, 0.25) is 0 Å². The molecule has 0 heterocycles. The quantitative estimate of drug-likeness (QED) is 0.618. The molecule has 2 nitrogen and oxygen atoms in total. The molecular formula is C11H17NO. The molecule has 0 unspecified atom stereocenters. The summed E-state index contributed by atoms with van der Waals surface area (Å²) in [5.74, 6) is 1.76. The highest BCUT2D eigenvalue weighted by Gasteiger charge is 2.34. The average Bonchev–Trinajstić information content (AvgIpc) is 2.17. The number of nitrogens with zero attached hydrogens (tertiary/aromatic N) is 1. The Labute approximate surface area is 79.6 Å². The monoisotopic (exact) mass is 179 g/mol. The third-order valence-electron chi connectivity index (χ3n) is 3.77. The third kappa shape index (κ3) is 1.86. The van der Waals surface area contributed by atoms with Gasteiger partial charge in [0.15, 0.2) is 0 Å². The molecule has 0 aliphatic heterocycles. The van der Waals surface area contributed by atoms with E-state index in [0.717, 1.165) is 38.0 Å². The summed E-state index contributed by atoms with van der Waals surface area (Å²) in [6.07, 6.45) is 6.35. The molecule has 0 spiro atoms. The molecule has 13 heavy (non-hydrogen) atoms. The van der Waals surface area contributed by atoms with Crippen LogP contribution in [-0.2, 0) is 0 Å². The second kappa shape index (κ2) is 3.67. The number of nitriles is 1. The Morgan fingerprint density at radius 3 is 2.46 bits per heavy atom. The van der Waals surface area contributed by atoms with Gasteiger partial charge in [0.1, 0.15) is 0 Å². The van der Waals surface area contributed by atoms with E-state index in [9.17, 15) is 5.11 Å². The van der Waals surface area contributed by atoms with Gasteiger partial charge in [-0.15, -0.1) is 0 Å². The molecule has 72 valence electrons. The molecule has 2 saturated carbocycles. The van der Waals surface area contributed by atoms with E-state index in [-0.39, 0.29) is 6.10 Å². The van der Waals surface area contributed by atoms with Crippen molar-refractivity contribution in [2.75, 3.05) is 0 Å². The van der Waals surface area contributed by atoms with Crippen LogP contribution in [0, 0.1) is 29.1 Å². The standard InChI is InChI=1S/C11H17NO/c12-7-8-1-2-10-6-11(13)4-3-9(10)5-8/h8-11,13H,1-6H2/t8-,9-,10+,11+/m1/s1. The molecular weight excluding hydrogens is 162 g/mol. The highest BCUT2D eigenvalue weighted by Crippen LogP contribution is 2.42. The molecule has 0 bridgehead atoms. The van der Waals surface area contributed by atoms with Crippen LogP contribution in [0.25, 0.3) is 0 Å². The van der Waals surface area contributed by atoms with Gasteiger partial charge in [-0.3, -0.25) is 0 Å². The largest absolute Gasteiger partial charge is 0.393 e. The SMILES string of the molecule is N#C[C@@H]1CC[C@H]2C[C@@H](O)CC[C@@H]2C1. The summed E-state index contributed by atoms with van der Waals surface area (Å²) in [4.78, 5) is 0. The van der Waals surface area contributed by atoms with Crippen LogP contribution in [0.1, 0.15) is 38.5 Å². The molecule has 0 amide bonds. The van der Waals surface area contributed by atoms with Gasteiger partial charge in [-0.1, -0.05) is 0 Å². The maximum Gasteiger partial charge on any atom is 0.0655 e. The Balaban J connectivity index is 1.95. The zero-order valence-electron chi connectivity index (χ0n) is 7.95. The van der Waals surface area contributed by atoms with Crippen LogP contribution in [0.2, 0.25) is 0 Å². The van der Waals surface area contributed by atoms with E-state index in [0.29, 0.717) is 11.8 Å². The summed E-state index contributed by atoms with van der Waals surface area (Å²) in [7, 11) is 0. The van der Waals surface area contributed by atoms with E-state index in [1.807, 2.05) is 0 Å². The first-order chi connectivity index (χ1) is 6.29. The van der Waals surface area contributed by atoms with Gasteiger partial charge in [0.25, 0.3) is 0 Å². The molecule has 2 heteroatoms. The van der Waals surface area contributed by atoms with E-state index in [1.165, 1.54) is 6.42 Å². The van der Waals surface area contributed by atoms with Gasteiger partial charge in [-0.2, -0.15) is 5.26 Å². The Morgan fingerprint density at radius 2 is 1.69 bits per heavy atom. The van der Waals surface area contributed by atoms with E-state index < -0.39 is 0 Å². The van der Waals surface area contributed by atoms with Crippen molar-refractivity contribution < 1.29 is 5.11 Å². The fourth-order valence-corrected chi connectivity index (χ4v) is 2.98. The zero-order chi connectivity index (χ0) is 9.26. The van der Waals surface area contributed by atoms with Crippen LogP contribution in [0.5, 0.6) is 0 Å². The van der Waals surface area contributed by atoms with Crippen LogP contribution in [0.4, 0.5) is 0 Å². The number of aliphatic hydroxyl groups excluding tert-OH is 1. The summed E-state index contributed by atoms with van der Waals surface area (Å²) < 4.78 is 0. The molecule has 2 aliphatic carbocycles. The predicted molar refractivity (Wildman–Crippen MR) is 49.8 cm³/mol. The van der Waals surface area contributed by atoms with Crippen LogP contribution in [-0.4, -0.2) is 11.2 Å². The lowest BCUT2D eigenvalue weighted by Gasteiger charge is -2.39. The van der Waals surface area contributed by atoms with Crippen molar-refractivity contribution in [1.29, 1.82) is 5.26 Å². The molecule has 4 atom stereocenters. The topological polar surface area (TPSA) is 44.0 Å². The van der Waals surface area contributed by atoms with Crippen LogP contribution in [0.15, 0.2) is 0 Å². The lowest BCUT2D eigenvalue weighted by atomic mass is 9.67. The number of hydrogen-bond donors (Lipinski definition) is 1. The minimum atomic E-state index is -0.0557. The molecule has 0 radical (unpaired) electrons. The van der Waals surface area contributed by atoms with Crippen LogP contribution < -0.4 is 0 Å². The van der Waals surface area contributed by atoms with Crippen LogP contribution >= 0.6 is 0 Å². The predicted octanol–water partition coefficient (Wildman–Crippen LogP) is 2.09. The first-order valence-electron chi connectivity index (χ1n) is 5.37. The number of aliphatic hydroxyl groups is 1. The Kier molecular flexibility index (Phi) is 2.55. The molecule has 2 aliphatic rings. The average molecular weight is 179 g/mol. The normalized spacial score (nSPS) is 44.9. The first kappa shape index (κ1) is 9.02. The van der Waals surface area contributed by atoms with Crippen molar-refractivity contribution in [1.82, 2.24) is 0 Å². The van der Waals surface area contributed by atoms with Crippen LogP contribution in [0.3, 0.4) is 0 Å². The number of hydrogen-bond acceptors (Lipinski definition) is 2. The minimum absolute atomic E-state index is 0.0557. The second-order valence-corrected chi connectivity index (χ2v) is 4.63. The van der Waals surface area contributed by atoms with Gasteiger partial charge < -0.3 is 5.11 Å². The van der Waals surface area contributed by atoms with Gasteiger partial charge in [0.05, 0.1) is 12.2 Å². The van der Waals surface area contributed by atoms with Crippen molar-refractivity contribution in [3.8, 4) is 6.07 Å². The van der Waals surface area contributed by atoms with Crippen molar-refractivity contribution in [2.45, 2.75) is 44.6 Å². The fraction of sp³-hybridized carbons (Fsp3) is 0.909. The lowest BCUT2D eigenvalue weighted by molar-refractivity contribution is 0.0418. The number of fused-ring (bicyclic) bond motifs is 1. The van der Waals surface area contributed by atoms with E-state index in [4.69, 9.17) is 5.26 Å². The summed E-state index contributed by atoms with van der Waals surface area (Å²) in [6.45, 7) is 0. The van der Waals surface area contributed by atoms with E-state index in [1.54, 1.807) is 0 Å². The minimum Gasteiger partial charge on any atom is -0.393 e. The van der Waals surface area contributed by atoms with Crippen molar-refractivity contribution >= 4 is 0 Å². The first-order valence-corrected chi connectivity index (χ1v) is 5.37. The second-order valence-electron chi connectivity index (χ2n) is 4.63. The van der Waals surface area contributed by atoms with Gasteiger partial charge >= 0.3 is 0 Å². The van der Waals surface area contributed by atoms with Crippen molar-refractivity contribution in [2.24, 2.45) is 17.8 Å². The van der Waals surface area contributed by atoms with Crippen molar-refractivity contribution in [3.05, 3.63) is 0 Å². The maximum absolute atomic E-state index is 9.51. The highest BCUT2D eigenvalue weighted by atomic mass is 16.3. The summed E-state index contributed by atoms with van der Waals surface area (Å²) in [5.41, 5.74) is 0. The van der Waals surface area contributed by atoms with Gasteiger partial charge in [-0.25, -0.2) is 0 Å². The fourth-order valence-electron chi connectivity index (χ4n) is 2.98. The maximum atomic E-state index is 9.51. The third-order valence-corrected chi connectivity index (χ3v) is 3.77. The molecule has 1 N–H and O–H groups in total. The highest BCUT2D eigenvalue weighted by molar-refractivity contribution is 4.93. The smallest absolute Gasteiger partial charge is 0.0655 e. The van der Waals surface area contributed by atoms with E-state index in [2.05, 4.69) is 6.07 Å². The molecule has 0 aromatic rings. The molecule has 0 aromatic carbocycles. The van der Waals surface area contributed by atoms with Gasteiger partial charge in [-0.05, 0) is 50.4 Å². The van der Waals surface area contributed by atoms with E-state index >= 15 is 0 Å². The Hall–Kier alpha value is -0.550. The Morgan fingerprint density at radius 1 is 1.00 bits per heavy atom. The summed E-state index contributed by atoms with van der Waals surface area (Å²) >= 11 is 0. The molecule has 0 aromatic heterocycles. The summed E-state index contributed by atoms with van der Waals surface area (Å²) in [5, 5.41) is 18.3. The van der Waals surface area contributed by atoms with Crippen molar-refractivity contribution in [3.63, 3.8) is 0 Å².